The van der Waals surface area contributed by atoms with Crippen molar-refractivity contribution in [3.05, 3.63) is 70.8 Å². The summed E-state index contributed by atoms with van der Waals surface area (Å²) >= 11 is 5.92. The van der Waals surface area contributed by atoms with Crippen LogP contribution in [0.3, 0.4) is 0 Å². The van der Waals surface area contributed by atoms with Crippen molar-refractivity contribution < 1.29 is 9.59 Å². The van der Waals surface area contributed by atoms with Crippen molar-refractivity contribution in [1.82, 2.24) is 10.4 Å². The number of hydrogen-bond donors (Lipinski definition) is 2. The number of hydrogen-bond acceptors (Lipinski definition) is 3. The van der Waals surface area contributed by atoms with E-state index in [0.717, 1.165) is 11.3 Å². The number of carbonyl (C=O) groups excluding carboxylic acids is 2. The van der Waals surface area contributed by atoms with Crippen LogP contribution in [0.2, 0.25) is 5.02 Å². The van der Waals surface area contributed by atoms with Gasteiger partial charge in [-0.25, -0.2) is 5.01 Å². The summed E-state index contributed by atoms with van der Waals surface area (Å²) in [7, 11) is 0. The van der Waals surface area contributed by atoms with Gasteiger partial charge in [-0.15, -0.1) is 0 Å². The van der Waals surface area contributed by atoms with Crippen molar-refractivity contribution in [3.63, 3.8) is 0 Å². The molecule has 6 heteroatoms. The van der Waals surface area contributed by atoms with Crippen LogP contribution in [0.15, 0.2) is 54.6 Å². The maximum atomic E-state index is 12.4. The number of halogens is 1. The minimum Gasteiger partial charge on any atom is -0.324 e. The van der Waals surface area contributed by atoms with Gasteiger partial charge in [-0.3, -0.25) is 15.0 Å². The van der Waals surface area contributed by atoms with Crippen LogP contribution in [0.5, 0.6) is 0 Å². The molecule has 0 unspecified atom stereocenters. The quantitative estimate of drug-likeness (QED) is 0.814. The van der Waals surface area contributed by atoms with E-state index in [1.54, 1.807) is 12.1 Å². The third-order valence-corrected chi connectivity index (χ3v) is 4.61. The molecule has 0 aromatic heterocycles. The Morgan fingerprint density at radius 1 is 1.15 bits per heavy atom. The fraction of sp³-hybridized carbons (Fsp3) is 0.238. The highest BCUT2D eigenvalue weighted by molar-refractivity contribution is 6.30. The zero-order chi connectivity index (χ0) is 19.4. The Labute approximate surface area is 164 Å². The summed E-state index contributed by atoms with van der Waals surface area (Å²) in [6.45, 7) is 4.16. The van der Waals surface area contributed by atoms with E-state index >= 15 is 0 Å². The highest BCUT2D eigenvalue weighted by Crippen LogP contribution is 2.20. The number of benzene rings is 2. The van der Waals surface area contributed by atoms with Gasteiger partial charge in [-0.05, 0) is 47.4 Å². The van der Waals surface area contributed by atoms with Gasteiger partial charge in [-0.1, -0.05) is 49.7 Å². The molecule has 0 saturated heterocycles. The van der Waals surface area contributed by atoms with Crippen LogP contribution in [0.25, 0.3) is 5.70 Å². The van der Waals surface area contributed by atoms with Crippen LogP contribution in [0.4, 0.5) is 5.69 Å². The Morgan fingerprint density at radius 3 is 2.44 bits per heavy atom. The minimum atomic E-state index is -0.259. The highest BCUT2D eigenvalue weighted by atomic mass is 35.5. The number of carbonyl (C=O) groups is 2. The molecular weight excluding hydrogens is 362 g/mol. The molecule has 2 aromatic carbocycles. The molecular formula is C21H22ClN3O2. The lowest BCUT2D eigenvalue weighted by Gasteiger charge is -2.28. The molecule has 0 aliphatic carbocycles. The lowest BCUT2D eigenvalue weighted by molar-refractivity contribution is -0.136. The van der Waals surface area contributed by atoms with E-state index in [-0.39, 0.29) is 24.8 Å². The number of nitrogens with one attached hydrogen (secondary N) is 2. The monoisotopic (exact) mass is 383 g/mol. The summed E-state index contributed by atoms with van der Waals surface area (Å²) in [5, 5.41) is 4.81. The van der Waals surface area contributed by atoms with E-state index in [0.29, 0.717) is 16.6 Å². The largest absolute Gasteiger partial charge is 0.324 e. The highest BCUT2D eigenvalue weighted by Gasteiger charge is 2.22. The first kappa shape index (κ1) is 19.0. The van der Waals surface area contributed by atoms with E-state index in [2.05, 4.69) is 24.6 Å². The molecule has 2 N–H and O–H groups in total. The fourth-order valence-corrected chi connectivity index (χ4v) is 2.91. The van der Waals surface area contributed by atoms with Crippen LogP contribution in [-0.4, -0.2) is 23.4 Å². The van der Waals surface area contributed by atoms with Crippen molar-refractivity contribution in [2.45, 2.75) is 26.2 Å². The first-order valence-electron chi connectivity index (χ1n) is 8.85. The molecule has 1 aliphatic rings. The summed E-state index contributed by atoms with van der Waals surface area (Å²) in [5.41, 5.74) is 6.62. The van der Waals surface area contributed by atoms with Crippen LogP contribution < -0.4 is 10.7 Å². The Balaban J connectivity index is 1.62. The van der Waals surface area contributed by atoms with Gasteiger partial charge in [0.15, 0.2) is 0 Å². The summed E-state index contributed by atoms with van der Waals surface area (Å²) in [6.07, 6.45) is 2.05. The van der Waals surface area contributed by atoms with E-state index in [1.165, 1.54) is 10.6 Å². The number of hydrazine groups is 1. The molecule has 5 nitrogen and oxygen atoms in total. The smallest absolute Gasteiger partial charge is 0.246 e. The summed E-state index contributed by atoms with van der Waals surface area (Å²) < 4.78 is 0. The zero-order valence-electron chi connectivity index (χ0n) is 15.3. The molecule has 1 aliphatic heterocycles. The molecule has 27 heavy (non-hydrogen) atoms. The average Bonchev–Trinajstić information content (AvgIpc) is 2.64. The second-order valence-electron chi connectivity index (χ2n) is 6.75. The first-order valence-corrected chi connectivity index (χ1v) is 9.23. The van der Waals surface area contributed by atoms with Gasteiger partial charge in [0.1, 0.15) is 6.54 Å². The van der Waals surface area contributed by atoms with E-state index in [1.807, 2.05) is 42.5 Å². The molecule has 0 bridgehead atoms. The van der Waals surface area contributed by atoms with Crippen molar-refractivity contribution in [1.29, 1.82) is 0 Å². The Bertz CT molecular complexity index is 858. The van der Waals surface area contributed by atoms with Gasteiger partial charge in [0.2, 0.25) is 11.8 Å². The minimum absolute atomic E-state index is 0.0737. The zero-order valence-corrected chi connectivity index (χ0v) is 16.1. The third-order valence-electron chi connectivity index (χ3n) is 4.36. The van der Waals surface area contributed by atoms with Crippen LogP contribution in [-0.2, 0) is 9.59 Å². The van der Waals surface area contributed by atoms with Gasteiger partial charge >= 0.3 is 0 Å². The summed E-state index contributed by atoms with van der Waals surface area (Å²) in [4.78, 5) is 24.5. The SMILES string of the molecule is CC(C)c1ccc(NC(=O)CN2NC(c3ccc(Cl)cc3)=CCC2=O)cc1. The molecule has 2 amide bonds. The summed E-state index contributed by atoms with van der Waals surface area (Å²) in [6, 6.07) is 15.0. The van der Waals surface area contributed by atoms with Gasteiger partial charge in [0.05, 0.1) is 5.70 Å². The van der Waals surface area contributed by atoms with Crippen molar-refractivity contribution in [3.8, 4) is 0 Å². The number of nitrogens with zero attached hydrogens (tertiary/aromatic N) is 1. The number of rotatable bonds is 5. The van der Waals surface area contributed by atoms with Crippen molar-refractivity contribution in [2.75, 3.05) is 11.9 Å². The first-order chi connectivity index (χ1) is 12.9. The van der Waals surface area contributed by atoms with Crippen LogP contribution in [0.1, 0.15) is 37.3 Å². The van der Waals surface area contributed by atoms with E-state index in [4.69, 9.17) is 11.6 Å². The Morgan fingerprint density at radius 2 is 1.81 bits per heavy atom. The van der Waals surface area contributed by atoms with Crippen LogP contribution >= 0.6 is 11.6 Å². The second kappa shape index (κ2) is 8.27. The molecule has 140 valence electrons. The molecule has 0 spiro atoms. The predicted octanol–water partition coefficient (Wildman–Crippen LogP) is 4.18. The molecule has 0 atom stereocenters. The van der Waals surface area contributed by atoms with Crippen molar-refractivity contribution in [2.24, 2.45) is 0 Å². The van der Waals surface area contributed by atoms with Crippen LogP contribution in [0, 0.1) is 0 Å². The van der Waals surface area contributed by atoms with Gasteiger partial charge in [0, 0.05) is 17.1 Å². The lowest BCUT2D eigenvalue weighted by atomic mass is 10.0. The molecule has 1 heterocycles. The Kier molecular flexibility index (Phi) is 5.81. The van der Waals surface area contributed by atoms with Gasteiger partial charge in [-0.2, -0.15) is 0 Å². The van der Waals surface area contributed by atoms with E-state index < -0.39 is 0 Å². The maximum Gasteiger partial charge on any atom is 0.246 e. The number of anilines is 1. The normalized spacial score (nSPS) is 14.0. The predicted molar refractivity (Wildman–Crippen MR) is 108 cm³/mol. The van der Waals surface area contributed by atoms with Gasteiger partial charge in [0.25, 0.3) is 0 Å². The Hall–Kier alpha value is -2.79. The van der Waals surface area contributed by atoms with E-state index in [9.17, 15) is 9.59 Å². The topological polar surface area (TPSA) is 61.4 Å². The molecule has 3 rings (SSSR count). The third kappa shape index (κ3) is 4.89. The summed E-state index contributed by atoms with van der Waals surface area (Å²) in [5.74, 6) is 0.0199. The second-order valence-corrected chi connectivity index (χ2v) is 7.18. The molecule has 0 saturated carbocycles. The lowest BCUT2D eigenvalue weighted by Crippen LogP contribution is -2.48. The molecule has 0 radical (unpaired) electrons. The van der Waals surface area contributed by atoms with Gasteiger partial charge < -0.3 is 5.32 Å². The standard InChI is InChI=1S/C21H22ClN3O2/c1-14(2)15-5-9-18(10-6-15)23-20(26)13-25-21(27)12-11-19(24-25)16-3-7-17(22)8-4-16/h3-11,14,24H,12-13H2,1-2H3,(H,23,26). The average molecular weight is 384 g/mol. The van der Waals surface area contributed by atoms with Crippen molar-refractivity contribution >= 4 is 34.8 Å². The number of amides is 2. The fourth-order valence-electron chi connectivity index (χ4n) is 2.79. The molecule has 0 fully saturated rings. The molecule has 2 aromatic rings. The maximum absolute atomic E-state index is 12.4.